The van der Waals surface area contributed by atoms with Crippen LogP contribution in [0.1, 0.15) is 31.0 Å². The van der Waals surface area contributed by atoms with Crippen LogP contribution in [0.2, 0.25) is 0 Å². The third-order valence-corrected chi connectivity index (χ3v) is 4.56. The number of hydrogen-bond acceptors (Lipinski definition) is 4. The molecule has 0 spiro atoms. The van der Waals surface area contributed by atoms with Gasteiger partial charge in [0.25, 0.3) is 0 Å². The lowest BCUT2D eigenvalue weighted by Gasteiger charge is -2.30. The molecule has 1 heterocycles. The van der Waals surface area contributed by atoms with Gasteiger partial charge in [0.1, 0.15) is 11.5 Å². The van der Waals surface area contributed by atoms with E-state index in [0.29, 0.717) is 17.0 Å². The molecular weight excluding hydrogens is 356 g/mol. The summed E-state index contributed by atoms with van der Waals surface area (Å²) in [7, 11) is 1.33. The van der Waals surface area contributed by atoms with Gasteiger partial charge in [-0.05, 0) is 42.7 Å². The number of allylic oxidation sites excluding steroid dienone is 1. The van der Waals surface area contributed by atoms with Crippen molar-refractivity contribution in [3.8, 4) is 11.5 Å². The fraction of sp³-hybridized carbons (Fsp3) is 0.273. The van der Waals surface area contributed by atoms with E-state index in [9.17, 15) is 9.59 Å². The molecule has 1 aliphatic rings. The Kier molecular flexibility index (Phi) is 5.68. The molecule has 0 saturated heterocycles. The minimum absolute atomic E-state index is 0.0354. The van der Waals surface area contributed by atoms with Gasteiger partial charge >= 0.3 is 12.0 Å². The summed E-state index contributed by atoms with van der Waals surface area (Å²) in [6.45, 7) is 5.85. The van der Waals surface area contributed by atoms with Crippen molar-refractivity contribution in [3.05, 3.63) is 70.9 Å². The van der Waals surface area contributed by atoms with Crippen LogP contribution in [-0.2, 0) is 9.53 Å². The number of benzene rings is 2. The summed E-state index contributed by atoms with van der Waals surface area (Å²) in [6, 6.07) is 14.1. The zero-order valence-corrected chi connectivity index (χ0v) is 16.4. The van der Waals surface area contributed by atoms with Gasteiger partial charge in [-0.2, -0.15) is 0 Å². The average Bonchev–Trinajstić information content (AvgIpc) is 2.69. The Morgan fingerprint density at radius 2 is 1.57 bits per heavy atom. The number of nitrogens with one attached hydrogen (secondary N) is 2. The molecule has 28 heavy (non-hydrogen) atoms. The Morgan fingerprint density at radius 1 is 1.00 bits per heavy atom. The van der Waals surface area contributed by atoms with Crippen LogP contribution in [0.25, 0.3) is 0 Å². The topological polar surface area (TPSA) is 76.7 Å². The summed E-state index contributed by atoms with van der Waals surface area (Å²) in [5.74, 6) is 0.902. The lowest BCUT2D eigenvalue weighted by Crippen LogP contribution is -2.47. The molecule has 0 aliphatic carbocycles. The SMILES string of the molecule is COC(=O)C1=C(C(C)C)NC(=O)NC1c1ccc(Oc2ccc(C)cc2)cc1. The molecule has 2 aromatic rings. The third-order valence-electron chi connectivity index (χ3n) is 4.56. The number of esters is 1. The van der Waals surface area contributed by atoms with E-state index in [1.54, 1.807) is 0 Å². The van der Waals surface area contributed by atoms with Gasteiger partial charge in [-0.1, -0.05) is 43.7 Å². The maximum absolute atomic E-state index is 12.4. The second-order valence-electron chi connectivity index (χ2n) is 6.99. The van der Waals surface area contributed by atoms with Crippen molar-refractivity contribution in [1.82, 2.24) is 10.6 Å². The second kappa shape index (κ2) is 8.17. The largest absolute Gasteiger partial charge is 0.466 e. The van der Waals surface area contributed by atoms with E-state index < -0.39 is 12.0 Å². The van der Waals surface area contributed by atoms with E-state index in [-0.39, 0.29) is 11.9 Å². The number of aryl methyl sites for hydroxylation is 1. The normalized spacial score (nSPS) is 16.5. The van der Waals surface area contributed by atoms with E-state index in [2.05, 4.69) is 10.6 Å². The van der Waals surface area contributed by atoms with Crippen LogP contribution in [0.4, 0.5) is 4.79 Å². The van der Waals surface area contributed by atoms with Gasteiger partial charge in [-0.25, -0.2) is 9.59 Å². The molecule has 2 N–H and O–H groups in total. The first-order valence-electron chi connectivity index (χ1n) is 9.13. The minimum Gasteiger partial charge on any atom is -0.466 e. The van der Waals surface area contributed by atoms with Crippen molar-refractivity contribution in [2.75, 3.05) is 7.11 Å². The average molecular weight is 380 g/mol. The molecular formula is C22H24N2O4. The fourth-order valence-electron chi connectivity index (χ4n) is 3.10. The number of hydrogen-bond donors (Lipinski definition) is 2. The molecule has 6 nitrogen and oxygen atoms in total. The van der Waals surface area contributed by atoms with Crippen molar-refractivity contribution in [1.29, 1.82) is 0 Å². The molecule has 2 aromatic carbocycles. The number of rotatable bonds is 5. The number of carbonyl (C=O) groups excluding carboxylic acids is 2. The van der Waals surface area contributed by atoms with E-state index in [0.717, 1.165) is 16.9 Å². The highest BCUT2D eigenvalue weighted by Crippen LogP contribution is 2.32. The molecule has 3 rings (SSSR count). The lowest BCUT2D eigenvalue weighted by atomic mass is 9.91. The molecule has 0 radical (unpaired) electrons. The molecule has 0 fully saturated rings. The highest BCUT2D eigenvalue weighted by Gasteiger charge is 2.34. The smallest absolute Gasteiger partial charge is 0.337 e. The maximum Gasteiger partial charge on any atom is 0.337 e. The van der Waals surface area contributed by atoms with Crippen LogP contribution in [0, 0.1) is 12.8 Å². The summed E-state index contributed by atoms with van der Waals surface area (Å²) >= 11 is 0. The molecule has 0 saturated carbocycles. The first kappa shape index (κ1) is 19.5. The lowest BCUT2D eigenvalue weighted by molar-refractivity contribution is -0.136. The van der Waals surface area contributed by atoms with E-state index in [1.165, 1.54) is 7.11 Å². The van der Waals surface area contributed by atoms with Crippen LogP contribution in [0.3, 0.4) is 0 Å². The van der Waals surface area contributed by atoms with Crippen LogP contribution in [-0.4, -0.2) is 19.1 Å². The van der Waals surface area contributed by atoms with Gasteiger partial charge < -0.3 is 20.1 Å². The summed E-state index contributed by atoms with van der Waals surface area (Å²) in [5, 5.41) is 5.54. The first-order valence-corrected chi connectivity index (χ1v) is 9.13. The molecule has 1 aliphatic heterocycles. The predicted molar refractivity (Wildman–Crippen MR) is 106 cm³/mol. The van der Waals surface area contributed by atoms with Gasteiger partial charge in [-0.15, -0.1) is 0 Å². The summed E-state index contributed by atoms with van der Waals surface area (Å²) in [4.78, 5) is 24.5. The van der Waals surface area contributed by atoms with Gasteiger partial charge in [0.05, 0.1) is 18.7 Å². The monoisotopic (exact) mass is 380 g/mol. The van der Waals surface area contributed by atoms with Gasteiger partial charge in [0.2, 0.25) is 0 Å². The number of ether oxygens (including phenoxy) is 2. The molecule has 0 bridgehead atoms. The minimum atomic E-state index is -0.591. The highest BCUT2D eigenvalue weighted by molar-refractivity contribution is 5.95. The van der Waals surface area contributed by atoms with Crippen LogP contribution < -0.4 is 15.4 Å². The first-order chi connectivity index (χ1) is 13.4. The molecule has 6 heteroatoms. The molecule has 1 unspecified atom stereocenters. The van der Waals surface area contributed by atoms with Crippen LogP contribution in [0.5, 0.6) is 11.5 Å². The highest BCUT2D eigenvalue weighted by atomic mass is 16.5. The Balaban J connectivity index is 1.90. The van der Waals surface area contributed by atoms with Crippen LogP contribution >= 0.6 is 0 Å². The zero-order valence-electron chi connectivity index (χ0n) is 16.4. The number of urea groups is 1. The van der Waals surface area contributed by atoms with Gasteiger partial charge in [0, 0.05) is 5.70 Å². The third kappa shape index (κ3) is 4.17. The van der Waals surface area contributed by atoms with E-state index in [4.69, 9.17) is 9.47 Å². The Labute approximate surface area is 164 Å². The standard InChI is InChI=1S/C22H24N2O4/c1-13(2)19-18(21(25)27-4)20(24-22(26)23-19)15-7-11-17(12-8-15)28-16-9-5-14(3)6-10-16/h5-13,20H,1-4H3,(H2,23,24,26). The summed E-state index contributed by atoms with van der Waals surface area (Å²) < 4.78 is 10.8. The summed E-state index contributed by atoms with van der Waals surface area (Å²) in [5.41, 5.74) is 2.90. The Bertz CT molecular complexity index is 899. The van der Waals surface area contributed by atoms with Crippen molar-refractivity contribution < 1.29 is 19.1 Å². The Hall–Kier alpha value is -3.28. The van der Waals surface area contributed by atoms with Crippen molar-refractivity contribution in [2.45, 2.75) is 26.8 Å². The number of methoxy groups -OCH3 is 1. The molecule has 1 atom stereocenters. The molecule has 146 valence electrons. The van der Waals surface area contributed by atoms with Crippen molar-refractivity contribution in [3.63, 3.8) is 0 Å². The fourth-order valence-corrected chi connectivity index (χ4v) is 3.10. The quantitative estimate of drug-likeness (QED) is 0.762. The van der Waals surface area contributed by atoms with E-state index >= 15 is 0 Å². The second-order valence-corrected chi connectivity index (χ2v) is 6.99. The van der Waals surface area contributed by atoms with Gasteiger partial charge in [0.15, 0.2) is 0 Å². The molecule has 2 amide bonds. The number of carbonyl (C=O) groups is 2. The van der Waals surface area contributed by atoms with Crippen LogP contribution in [0.15, 0.2) is 59.8 Å². The Morgan fingerprint density at radius 3 is 2.11 bits per heavy atom. The zero-order chi connectivity index (χ0) is 20.3. The maximum atomic E-state index is 12.4. The van der Waals surface area contributed by atoms with Crippen molar-refractivity contribution >= 4 is 12.0 Å². The predicted octanol–water partition coefficient (Wildman–Crippen LogP) is 4.22. The van der Waals surface area contributed by atoms with Crippen molar-refractivity contribution in [2.24, 2.45) is 5.92 Å². The summed E-state index contributed by atoms with van der Waals surface area (Å²) in [6.07, 6.45) is 0. The van der Waals surface area contributed by atoms with E-state index in [1.807, 2.05) is 69.3 Å². The van der Waals surface area contributed by atoms with Gasteiger partial charge in [-0.3, -0.25) is 0 Å². The molecule has 0 aromatic heterocycles. The number of amides is 2.